The summed E-state index contributed by atoms with van der Waals surface area (Å²) >= 11 is 5.75. The van der Waals surface area contributed by atoms with Crippen molar-refractivity contribution in [1.29, 1.82) is 0 Å². The van der Waals surface area contributed by atoms with Gasteiger partial charge in [0.25, 0.3) is 11.8 Å². The smallest absolute Gasteiger partial charge is 0.328 e. The van der Waals surface area contributed by atoms with E-state index in [1.165, 1.54) is 19.1 Å². The van der Waals surface area contributed by atoms with Gasteiger partial charge in [-0.25, -0.2) is 9.59 Å². The van der Waals surface area contributed by atoms with Crippen molar-refractivity contribution in [3.8, 4) is 0 Å². The molecule has 1 aromatic rings. The van der Waals surface area contributed by atoms with Gasteiger partial charge in [-0.15, -0.1) is 0 Å². The molecular weight excluding hydrogens is 374 g/mol. The van der Waals surface area contributed by atoms with E-state index in [-0.39, 0.29) is 6.04 Å². The molecule has 0 aromatic heterocycles. The van der Waals surface area contributed by atoms with Crippen LogP contribution in [0.25, 0.3) is 0 Å². The molecule has 1 aromatic carbocycles. The van der Waals surface area contributed by atoms with Gasteiger partial charge in [0.05, 0.1) is 0 Å². The van der Waals surface area contributed by atoms with E-state index in [4.69, 9.17) is 16.3 Å². The Balaban J connectivity index is 1.70. The summed E-state index contributed by atoms with van der Waals surface area (Å²) in [4.78, 5) is 47.3. The summed E-state index contributed by atoms with van der Waals surface area (Å²) in [7, 11) is 0. The number of carbonyl (C=O) groups excluding carboxylic acids is 4. The molecule has 1 saturated carbocycles. The predicted octanol–water partition coefficient (Wildman–Crippen LogP) is 1.77. The number of urea groups is 1. The van der Waals surface area contributed by atoms with E-state index in [0.29, 0.717) is 10.6 Å². The minimum atomic E-state index is -0.965. The second-order valence-corrected chi connectivity index (χ2v) is 6.75. The van der Waals surface area contributed by atoms with E-state index < -0.39 is 36.5 Å². The molecule has 0 radical (unpaired) electrons. The molecule has 0 spiro atoms. The van der Waals surface area contributed by atoms with Crippen LogP contribution < -0.4 is 16.0 Å². The SMILES string of the molecule is C[C@H](NC(=O)c1ccc(Cl)cc1)C(=O)OCC(=O)NC(=O)NC1CCCC1. The molecule has 1 aliphatic carbocycles. The zero-order valence-electron chi connectivity index (χ0n) is 14.9. The zero-order valence-corrected chi connectivity index (χ0v) is 15.7. The van der Waals surface area contributed by atoms with Gasteiger partial charge in [-0.1, -0.05) is 24.4 Å². The maximum atomic E-state index is 12.0. The number of ether oxygens (including phenoxy) is 1. The molecule has 8 nitrogen and oxygen atoms in total. The van der Waals surface area contributed by atoms with Crippen LogP contribution in [0.5, 0.6) is 0 Å². The summed E-state index contributed by atoms with van der Waals surface area (Å²) in [6.07, 6.45) is 3.88. The van der Waals surface area contributed by atoms with Crippen LogP contribution in [0.1, 0.15) is 43.0 Å². The summed E-state index contributed by atoms with van der Waals surface area (Å²) in [6.45, 7) is 0.818. The van der Waals surface area contributed by atoms with E-state index in [0.717, 1.165) is 25.7 Å². The van der Waals surface area contributed by atoms with Crippen molar-refractivity contribution in [2.75, 3.05) is 6.61 Å². The fourth-order valence-electron chi connectivity index (χ4n) is 2.66. The summed E-state index contributed by atoms with van der Waals surface area (Å²) in [5.41, 5.74) is 0.334. The second kappa shape index (κ2) is 9.91. The van der Waals surface area contributed by atoms with Crippen LogP contribution in [-0.2, 0) is 14.3 Å². The van der Waals surface area contributed by atoms with E-state index in [2.05, 4.69) is 16.0 Å². The Bertz CT molecular complexity index is 701. The van der Waals surface area contributed by atoms with Crippen LogP contribution in [-0.4, -0.2) is 42.5 Å². The Morgan fingerprint density at radius 1 is 1.15 bits per heavy atom. The van der Waals surface area contributed by atoms with E-state index in [1.54, 1.807) is 12.1 Å². The van der Waals surface area contributed by atoms with Crippen LogP contribution in [0, 0.1) is 0 Å². The summed E-state index contributed by atoms with van der Waals surface area (Å²) < 4.78 is 4.83. The minimum absolute atomic E-state index is 0.0726. The van der Waals surface area contributed by atoms with Gasteiger partial charge in [-0.3, -0.25) is 14.9 Å². The lowest BCUT2D eigenvalue weighted by atomic mass is 10.2. The summed E-state index contributed by atoms with van der Waals surface area (Å²) in [5, 5.41) is 7.75. The van der Waals surface area contributed by atoms with Crippen molar-refractivity contribution >= 4 is 35.4 Å². The summed E-state index contributed by atoms with van der Waals surface area (Å²) in [6, 6.07) is 4.66. The van der Waals surface area contributed by atoms with Crippen LogP contribution in [0.2, 0.25) is 5.02 Å². The highest BCUT2D eigenvalue weighted by atomic mass is 35.5. The Hall–Kier alpha value is -2.61. The first-order valence-corrected chi connectivity index (χ1v) is 9.06. The Kier molecular flexibility index (Phi) is 7.60. The maximum Gasteiger partial charge on any atom is 0.328 e. The second-order valence-electron chi connectivity index (χ2n) is 6.31. The van der Waals surface area contributed by atoms with Crippen molar-refractivity contribution in [3.63, 3.8) is 0 Å². The van der Waals surface area contributed by atoms with Gasteiger partial charge in [0.15, 0.2) is 6.61 Å². The monoisotopic (exact) mass is 395 g/mol. The largest absolute Gasteiger partial charge is 0.454 e. The van der Waals surface area contributed by atoms with Crippen LogP contribution >= 0.6 is 11.6 Å². The van der Waals surface area contributed by atoms with Crippen molar-refractivity contribution in [2.45, 2.75) is 44.7 Å². The van der Waals surface area contributed by atoms with Gasteiger partial charge >= 0.3 is 12.0 Å². The maximum absolute atomic E-state index is 12.0. The van der Waals surface area contributed by atoms with Gasteiger partial charge < -0.3 is 15.4 Å². The molecule has 4 amide bonds. The minimum Gasteiger partial charge on any atom is -0.454 e. The van der Waals surface area contributed by atoms with Gasteiger partial charge in [-0.2, -0.15) is 0 Å². The highest BCUT2D eigenvalue weighted by Gasteiger charge is 2.21. The first-order chi connectivity index (χ1) is 12.8. The Morgan fingerprint density at radius 3 is 2.41 bits per heavy atom. The number of hydrogen-bond donors (Lipinski definition) is 3. The van der Waals surface area contributed by atoms with Crippen molar-refractivity contribution < 1.29 is 23.9 Å². The highest BCUT2D eigenvalue weighted by Crippen LogP contribution is 2.17. The molecule has 0 unspecified atom stereocenters. The Morgan fingerprint density at radius 2 is 1.78 bits per heavy atom. The molecule has 0 bridgehead atoms. The number of imide groups is 1. The number of rotatable bonds is 6. The van der Waals surface area contributed by atoms with Crippen molar-refractivity contribution in [2.24, 2.45) is 0 Å². The van der Waals surface area contributed by atoms with Gasteiger partial charge in [0.1, 0.15) is 6.04 Å². The molecule has 27 heavy (non-hydrogen) atoms. The van der Waals surface area contributed by atoms with Gasteiger partial charge in [0.2, 0.25) is 0 Å². The number of nitrogens with one attached hydrogen (secondary N) is 3. The molecular formula is C18H22ClN3O5. The third-order valence-electron chi connectivity index (χ3n) is 4.10. The third-order valence-corrected chi connectivity index (χ3v) is 4.35. The number of esters is 1. The number of carbonyl (C=O) groups is 4. The lowest BCUT2D eigenvalue weighted by Gasteiger charge is -2.14. The standard InChI is InChI=1S/C18H22ClN3O5/c1-11(20-16(24)12-6-8-13(19)9-7-12)17(25)27-10-15(23)22-18(26)21-14-4-2-3-5-14/h6-9,11,14H,2-5,10H2,1H3,(H,20,24)(H2,21,22,23,26)/t11-/m0/s1. The van der Waals surface area contributed by atoms with Crippen molar-refractivity contribution in [3.05, 3.63) is 34.9 Å². The molecule has 1 atom stereocenters. The normalized spacial score (nSPS) is 14.9. The molecule has 146 valence electrons. The fraction of sp³-hybridized carbons (Fsp3) is 0.444. The molecule has 0 heterocycles. The van der Waals surface area contributed by atoms with Gasteiger partial charge in [0, 0.05) is 16.6 Å². The lowest BCUT2D eigenvalue weighted by molar-refractivity contribution is -0.149. The molecule has 0 saturated heterocycles. The molecule has 3 N–H and O–H groups in total. The summed E-state index contributed by atoms with van der Waals surface area (Å²) in [5.74, 6) is -2.00. The third kappa shape index (κ3) is 6.90. The average molecular weight is 396 g/mol. The molecule has 9 heteroatoms. The number of amides is 4. The Labute approximate surface area is 162 Å². The van der Waals surface area contributed by atoms with Crippen LogP contribution in [0.3, 0.4) is 0 Å². The van der Waals surface area contributed by atoms with Crippen molar-refractivity contribution in [1.82, 2.24) is 16.0 Å². The highest BCUT2D eigenvalue weighted by molar-refractivity contribution is 6.30. The lowest BCUT2D eigenvalue weighted by Crippen LogP contribution is -2.46. The van der Waals surface area contributed by atoms with Gasteiger partial charge in [-0.05, 0) is 44.0 Å². The zero-order chi connectivity index (χ0) is 19.8. The predicted molar refractivity (Wildman–Crippen MR) is 98.3 cm³/mol. The first kappa shape index (κ1) is 20.7. The molecule has 0 aliphatic heterocycles. The van der Waals surface area contributed by atoms with Crippen LogP contribution in [0.4, 0.5) is 4.79 Å². The van der Waals surface area contributed by atoms with E-state index in [1.807, 2.05) is 0 Å². The number of hydrogen-bond acceptors (Lipinski definition) is 5. The van der Waals surface area contributed by atoms with E-state index >= 15 is 0 Å². The first-order valence-electron chi connectivity index (χ1n) is 8.68. The topological polar surface area (TPSA) is 114 Å². The average Bonchev–Trinajstić information content (AvgIpc) is 3.12. The molecule has 1 aliphatic rings. The van der Waals surface area contributed by atoms with E-state index in [9.17, 15) is 19.2 Å². The quantitative estimate of drug-likeness (QED) is 0.635. The number of benzene rings is 1. The molecule has 1 fully saturated rings. The molecule has 2 rings (SSSR count). The number of halogens is 1. The van der Waals surface area contributed by atoms with Crippen LogP contribution in [0.15, 0.2) is 24.3 Å². The fourth-order valence-corrected chi connectivity index (χ4v) is 2.78.